The van der Waals surface area contributed by atoms with Crippen LogP contribution >= 0.6 is 0 Å². The summed E-state index contributed by atoms with van der Waals surface area (Å²) in [6.45, 7) is 4.02. The normalized spacial score (nSPS) is 27.9. The van der Waals surface area contributed by atoms with Gasteiger partial charge < -0.3 is 10.4 Å². The van der Waals surface area contributed by atoms with Gasteiger partial charge in [0.15, 0.2) is 0 Å². The van der Waals surface area contributed by atoms with E-state index in [9.17, 15) is 10.3 Å². The van der Waals surface area contributed by atoms with E-state index in [2.05, 4.69) is 10.4 Å². The second-order valence-corrected chi connectivity index (χ2v) is 4.18. The maximum atomic E-state index is 11.1. The fourth-order valence-corrected chi connectivity index (χ4v) is 1.57. The Bertz CT molecular complexity index is 405. The number of nitrogens with one attached hydrogen (secondary N) is 2. The Hall–Kier alpha value is -1.59. The Morgan fingerprint density at radius 1 is 1.53 bits per heavy atom. The summed E-state index contributed by atoms with van der Waals surface area (Å²) in [6.07, 6.45) is 7.48. The molecule has 1 aliphatic carbocycles. The van der Waals surface area contributed by atoms with Crippen LogP contribution < -0.4 is 15.6 Å². The van der Waals surface area contributed by atoms with Crippen LogP contribution in [0, 0.1) is 5.41 Å². The lowest BCUT2D eigenvalue weighted by Gasteiger charge is -2.24. The van der Waals surface area contributed by atoms with Crippen molar-refractivity contribution in [1.29, 1.82) is 0 Å². The molecule has 3 N–H and O–H groups in total. The highest BCUT2D eigenvalue weighted by atomic mass is 16.5. The number of amidine groups is 1. The highest BCUT2D eigenvalue weighted by Crippen LogP contribution is 2.24. The van der Waals surface area contributed by atoms with Crippen molar-refractivity contribution >= 4 is 6.02 Å². The van der Waals surface area contributed by atoms with E-state index in [1.807, 2.05) is 32.1 Å². The van der Waals surface area contributed by atoms with Gasteiger partial charge in [0.25, 0.3) is 0 Å². The van der Waals surface area contributed by atoms with Gasteiger partial charge in [0.1, 0.15) is 11.7 Å². The second kappa shape index (κ2) is 3.22. The third-order valence-electron chi connectivity index (χ3n) is 2.29. The molecule has 1 unspecified atom stereocenters. The molecule has 2 rings (SSSR count). The lowest BCUT2D eigenvalue weighted by molar-refractivity contribution is -1.06. The molecule has 0 radical (unpaired) electrons. The molecular formula is C10H13N3O2. The van der Waals surface area contributed by atoms with Crippen LogP contribution in [0.1, 0.15) is 13.8 Å². The number of rotatable bonds is 0. The van der Waals surface area contributed by atoms with E-state index in [1.165, 1.54) is 0 Å². The highest BCUT2D eigenvalue weighted by molar-refractivity contribution is 5.72. The van der Waals surface area contributed by atoms with Gasteiger partial charge in [-0.2, -0.15) is 5.21 Å². The zero-order chi connectivity index (χ0) is 11.1. The molecule has 1 heterocycles. The Kier molecular flexibility index (Phi) is 2.13. The van der Waals surface area contributed by atoms with Crippen molar-refractivity contribution in [2.75, 3.05) is 0 Å². The van der Waals surface area contributed by atoms with Crippen molar-refractivity contribution in [2.24, 2.45) is 10.5 Å². The molecule has 2 aliphatic rings. The van der Waals surface area contributed by atoms with Gasteiger partial charge in [0.05, 0.1) is 0 Å². The van der Waals surface area contributed by atoms with Crippen molar-refractivity contribution < 1.29 is 15.5 Å². The predicted molar refractivity (Wildman–Crippen MR) is 52.4 cm³/mol. The molecule has 0 bridgehead atoms. The fourth-order valence-electron chi connectivity index (χ4n) is 1.57. The Balaban J connectivity index is 2.47. The maximum Gasteiger partial charge on any atom is 0.211 e. The minimum Gasteiger partial charge on any atom is -0.842 e. The quantitative estimate of drug-likeness (QED) is 0.470. The summed E-state index contributed by atoms with van der Waals surface area (Å²) < 4.78 is 0. The molecule has 0 spiro atoms. The minimum absolute atomic E-state index is 0.168. The third-order valence-corrected chi connectivity index (χ3v) is 2.29. The molecule has 5 nitrogen and oxygen atoms in total. The lowest BCUT2D eigenvalue weighted by atomic mass is 9.92. The van der Waals surface area contributed by atoms with Crippen LogP contribution in [0.25, 0.3) is 0 Å². The molecule has 15 heavy (non-hydrogen) atoms. The zero-order valence-electron chi connectivity index (χ0n) is 8.61. The van der Waals surface area contributed by atoms with E-state index < -0.39 is 6.02 Å². The average Bonchev–Trinajstić information content (AvgIpc) is 2.23. The number of quaternary nitrogens is 1. The molecule has 0 aromatic rings. The zero-order valence-corrected chi connectivity index (χ0v) is 8.61. The van der Waals surface area contributed by atoms with E-state index in [0.29, 0.717) is 11.4 Å². The summed E-state index contributed by atoms with van der Waals surface area (Å²) in [5.74, 6) is 0. The minimum atomic E-state index is -0.538. The second-order valence-electron chi connectivity index (χ2n) is 4.18. The number of hydrogen-bond acceptors (Lipinski definition) is 4. The van der Waals surface area contributed by atoms with Crippen LogP contribution in [0.4, 0.5) is 0 Å². The third kappa shape index (κ3) is 1.93. The maximum absolute atomic E-state index is 11.1. The van der Waals surface area contributed by atoms with Crippen molar-refractivity contribution in [3.05, 3.63) is 35.7 Å². The SMILES string of the molecule is CC1(C)C=CC=C2NC([O-])=N[NH+](O)C2=C1. The average molecular weight is 207 g/mol. The van der Waals surface area contributed by atoms with E-state index in [4.69, 9.17) is 0 Å². The molecule has 0 saturated heterocycles. The largest absolute Gasteiger partial charge is 0.842 e. The fraction of sp³-hybridized carbons (Fsp3) is 0.300. The van der Waals surface area contributed by atoms with E-state index >= 15 is 0 Å². The summed E-state index contributed by atoms with van der Waals surface area (Å²) in [4.78, 5) is 0. The first-order chi connectivity index (χ1) is 6.98. The highest BCUT2D eigenvalue weighted by Gasteiger charge is 2.27. The molecule has 0 fully saturated rings. The van der Waals surface area contributed by atoms with Crippen LogP contribution in [-0.4, -0.2) is 11.2 Å². The molecule has 0 aromatic carbocycles. The number of hydrogen-bond donors (Lipinski definition) is 3. The van der Waals surface area contributed by atoms with Crippen molar-refractivity contribution in [1.82, 2.24) is 5.32 Å². The number of nitrogens with zero attached hydrogens (tertiary/aromatic N) is 1. The van der Waals surface area contributed by atoms with E-state index in [0.717, 1.165) is 0 Å². The molecular weight excluding hydrogens is 194 g/mol. The van der Waals surface area contributed by atoms with E-state index in [-0.39, 0.29) is 10.6 Å². The first kappa shape index (κ1) is 9.95. The lowest BCUT2D eigenvalue weighted by Crippen LogP contribution is -3.05. The molecule has 0 amide bonds. The summed E-state index contributed by atoms with van der Waals surface area (Å²) in [5.41, 5.74) is 0.998. The Morgan fingerprint density at radius 3 is 3.00 bits per heavy atom. The summed E-state index contributed by atoms with van der Waals surface area (Å²) >= 11 is 0. The molecule has 80 valence electrons. The number of hydroxylamine groups is 1. The van der Waals surface area contributed by atoms with Crippen LogP contribution in [0.5, 0.6) is 0 Å². The predicted octanol–water partition coefficient (Wildman–Crippen LogP) is -1.14. The standard InChI is InChI=1S/C10H13N3O2/c1-10(2)5-3-4-7-8(6-10)13(15)12-9(14)11-7/h3-6,15H,1-2H3,(H2,11,12,14). The van der Waals surface area contributed by atoms with Crippen LogP contribution in [-0.2, 0) is 0 Å². The Morgan fingerprint density at radius 2 is 2.27 bits per heavy atom. The summed E-state index contributed by atoms with van der Waals surface area (Å²) in [6, 6.07) is -0.538. The summed E-state index contributed by atoms with van der Waals surface area (Å²) in [5, 5.41) is 26.5. The van der Waals surface area contributed by atoms with Crippen LogP contribution in [0.2, 0.25) is 0 Å². The van der Waals surface area contributed by atoms with Crippen molar-refractivity contribution in [3.8, 4) is 0 Å². The first-order valence-corrected chi connectivity index (χ1v) is 4.70. The molecule has 1 atom stereocenters. The van der Waals surface area contributed by atoms with Gasteiger partial charge >= 0.3 is 0 Å². The van der Waals surface area contributed by atoms with Gasteiger partial charge in [-0.1, -0.05) is 26.0 Å². The van der Waals surface area contributed by atoms with Gasteiger partial charge in [-0.05, 0) is 22.4 Å². The monoisotopic (exact) mass is 207 g/mol. The molecule has 0 aromatic heterocycles. The first-order valence-electron chi connectivity index (χ1n) is 4.70. The van der Waals surface area contributed by atoms with Gasteiger partial charge in [-0.25, -0.2) is 0 Å². The number of allylic oxidation sites excluding steroid dienone is 4. The van der Waals surface area contributed by atoms with Gasteiger partial charge in [-0.15, -0.1) is 0 Å². The van der Waals surface area contributed by atoms with Crippen molar-refractivity contribution in [2.45, 2.75) is 13.8 Å². The van der Waals surface area contributed by atoms with Crippen LogP contribution in [0.3, 0.4) is 0 Å². The number of fused-ring (bicyclic) bond motifs is 1. The molecule has 1 aliphatic heterocycles. The van der Waals surface area contributed by atoms with Gasteiger partial charge in [-0.3, -0.25) is 0 Å². The van der Waals surface area contributed by atoms with Crippen molar-refractivity contribution in [3.63, 3.8) is 0 Å². The Labute approximate surface area is 87.7 Å². The smallest absolute Gasteiger partial charge is 0.211 e. The van der Waals surface area contributed by atoms with E-state index in [1.54, 1.807) is 6.08 Å². The molecule has 5 heteroatoms. The summed E-state index contributed by atoms with van der Waals surface area (Å²) in [7, 11) is 0. The van der Waals surface area contributed by atoms with Crippen LogP contribution in [0.15, 0.2) is 40.8 Å². The van der Waals surface area contributed by atoms with Gasteiger partial charge in [0.2, 0.25) is 5.70 Å². The van der Waals surface area contributed by atoms with Gasteiger partial charge in [0, 0.05) is 5.41 Å². The topological polar surface area (TPSA) is 72.1 Å². The molecule has 0 saturated carbocycles.